The number of hydrogen-bond acceptors (Lipinski definition) is 4. The lowest BCUT2D eigenvalue weighted by Crippen LogP contribution is -2.27. The van der Waals surface area contributed by atoms with E-state index in [-0.39, 0.29) is 21.8 Å². The molecule has 0 aliphatic rings. The summed E-state index contributed by atoms with van der Waals surface area (Å²) in [6.07, 6.45) is 0.00483. The van der Waals surface area contributed by atoms with Crippen LogP contribution in [0.1, 0.15) is 23.7 Å². The van der Waals surface area contributed by atoms with Gasteiger partial charge in [-0.15, -0.1) is 10.2 Å². The van der Waals surface area contributed by atoms with Crippen molar-refractivity contribution >= 4 is 29.1 Å². The predicted molar refractivity (Wildman–Crippen MR) is 60.7 cm³/mol. The molecule has 0 aliphatic heterocycles. The van der Waals surface area contributed by atoms with E-state index in [4.69, 9.17) is 28.3 Å². The third-order valence-electron chi connectivity index (χ3n) is 1.81. The van der Waals surface area contributed by atoms with Crippen molar-refractivity contribution in [1.82, 2.24) is 15.5 Å². The van der Waals surface area contributed by atoms with Crippen LogP contribution < -0.4 is 5.32 Å². The van der Waals surface area contributed by atoms with E-state index in [1.54, 1.807) is 6.92 Å². The molecule has 0 saturated carbocycles. The second-order valence-corrected chi connectivity index (χ2v) is 4.01. The summed E-state index contributed by atoms with van der Waals surface area (Å²) in [5, 5.41) is 18.7. The van der Waals surface area contributed by atoms with Crippen LogP contribution >= 0.6 is 23.2 Å². The van der Waals surface area contributed by atoms with Gasteiger partial charge < -0.3 is 10.4 Å². The fourth-order valence-electron chi connectivity index (χ4n) is 1.00. The van der Waals surface area contributed by atoms with Crippen LogP contribution in [0.4, 0.5) is 0 Å². The molecule has 0 saturated heterocycles. The van der Waals surface area contributed by atoms with Gasteiger partial charge in [-0.25, -0.2) is 0 Å². The maximum atomic E-state index is 11.6. The molecule has 2 N–H and O–H groups in total. The summed E-state index contributed by atoms with van der Waals surface area (Å²) in [6.45, 7) is 2.00. The fourth-order valence-corrected chi connectivity index (χ4v) is 1.33. The zero-order valence-corrected chi connectivity index (χ0v) is 10.1. The van der Waals surface area contributed by atoms with Gasteiger partial charge in [-0.2, -0.15) is 0 Å². The third-order valence-corrected chi connectivity index (χ3v) is 2.28. The molecule has 1 aromatic rings. The Bertz CT molecular complexity index is 385. The monoisotopic (exact) mass is 263 g/mol. The number of nitrogens with one attached hydrogen (secondary N) is 1. The first-order valence-corrected chi connectivity index (χ1v) is 5.41. The molecule has 0 bridgehead atoms. The number of amides is 1. The third kappa shape index (κ3) is 3.92. The lowest BCUT2D eigenvalue weighted by Gasteiger charge is -2.07. The van der Waals surface area contributed by atoms with Gasteiger partial charge in [-0.05, 0) is 19.4 Å². The summed E-state index contributed by atoms with van der Waals surface area (Å²) < 4.78 is 0. The summed E-state index contributed by atoms with van der Waals surface area (Å²) in [5.74, 6) is -0.387. The van der Waals surface area contributed by atoms with Gasteiger partial charge in [-0.3, -0.25) is 4.79 Å². The van der Waals surface area contributed by atoms with Crippen LogP contribution in [0, 0.1) is 0 Å². The Labute approximate surface area is 103 Å². The average molecular weight is 264 g/mol. The minimum Gasteiger partial charge on any atom is -0.393 e. The van der Waals surface area contributed by atoms with Gasteiger partial charge in [0.1, 0.15) is 0 Å². The summed E-state index contributed by atoms with van der Waals surface area (Å²) in [7, 11) is 0. The number of aromatic nitrogens is 2. The number of halogens is 2. The highest BCUT2D eigenvalue weighted by Gasteiger charge is 2.12. The number of aliphatic hydroxyl groups is 1. The predicted octanol–water partition coefficient (Wildman–Crippen LogP) is 1.28. The molecule has 7 heteroatoms. The molecule has 1 rings (SSSR count). The number of carbonyl (C=O) groups is 1. The summed E-state index contributed by atoms with van der Waals surface area (Å²) >= 11 is 11.3. The largest absolute Gasteiger partial charge is 0.393 e. The molecule has 0 spiro atoms. The number of hydrogen-bond donors (Lipinski definition) is 2. The van der Waals surface area contributed by atoms with Crippen molar-refractivity contribution in [1.29, 1.82) is 0 Å². The minimum absolute atomic E-state index is 0.000975. The molecular formula is C9H11Cl2N3O2. The first-order chi connectivity index (χ1) is 7.50. The lowest BCUT2D eigenvalue weighted by molar-refractivity contribution is 0.0945. The van der Waals surface area contributed by atoms with Gasteiger partial charge in [0, 0.05) is 6.54 Å². The zero-order valence-electron chi connectivity index (χ0n) is 8.57. The van der Waals surface area contributed by atoms with E-state index in [1.165, 1.54) is 6.07 Å². The Morgan fingerprint density at radius 1 is 1.56 bits per heavy atom. The van der Waals surface area contributed by atoms with Gasteiger partial charge in [0.15, 0.2) is 10.3 Å². The quantitative estimate of drug-likeness (QED) is 0.859. The number of aliphatic hydroxyl groups excluding tert-OH is 1. The van der Waals surface area contributed by atoms with Crippen LogP contribution in [0.15, 0.2) is 6.07 Å². The SMILES string of the molecule is CC(O)CCNC(=O)c1cc(Cl)nnc1Cl. The van der Waals surface area contributed by atoms with E-state index < -0.39 is 6.10 Å². The highest BCUT2D eigenvalue weighted by atomic mass is 35.5. The maximum Gasteiger partial charge on any atom is 0.254 e. The van der Waals surface area contributed by atoms with E-state index in [0.29, 0.717) is 13.0 Å². The van der Waals surface area contributed by atoms with Crippen molar-refractivity contribution in [2.24, 2.45) is 0 Å². The molecule has 5 nitrogen and oxygen atoms in total. The second-order valence-electron chi connectivity index (χ2n) is 3.27. The van der Waals surface area contributed by atoms with E-state index in [1.807, 2.05) is 0 Å². The van der Waals surface area contributed by atoms with Gasteiger partial charge in [0.05, 0.1) is 11.7 Å². The molecule has 0 aromatic carbocycles. The van der Waals surface area contributed by atoms with Crippen LogP contribution in [-0.4, -0.2) is 33.9 Å². The van der Waals surface area contributed by atoms with Crippen LogP contribution in [-0.2, 0) is 0 Å². The van der Waals surface area contributed by atoms with E-state index in [9.17, 15) is 4.79 Å². The zero-order chi connectivity index (χ0) is 12.1. The Kier molecular flexibility index (Phi) is 4.92. The average Bonchev–Trinajstić information content (AvgIpc) is 2.21. The first kappa shape index (κ1) is 13.2. The minimum atomic E-state index is -0.463. The van der Waals surface area contributed by atoms with Gasteiger partial charge in [0.25, 0.3) is 5.91 Å². The second kappa shape index (κ2) is 5.98. The first-order valence-electron chi connectivity index (χ1n) is 4.65. The smallest absolute Gasteiger partial charge is 0.254 e. The molecule has 1 heterocycles. The molecule has 1 aromatic heterocycles. The van der Waals surface area contributed by atoms with Crippen molar-refractivity contribution in [3.8, 4) is 0 Å². The number of carbonyl (C=O) groups excluding carboxylic acids is 1. The van der Waals surface area contributed by atoms with Crippen molar-refractivity contribution in [2.75, 3.05) is 6.54 Å². The highest BCUT2D eigenvalue weighted by Crippen LogP contribution is 2.14. The van der Waals surface area contributed by atoms with Crippen molar-refractivity contribution in [2.45, 2.75) is 19.4 Å². The Morgan fingerprint density at radius 2 is 2.25 bits per heavy atom. The molecule has 1 unspecified atom stereocenters. The number of rotatable bonds is 4. The molecule has 1 atom stereocenters. The van der Waals surface area contributed by atoms with Gasteiger partial charge in [-0.1, -0.05) is 23.2 Å². The molecule has 16 heavy (non-hydrogen) atoms. The van der Waals surface area contributed by atoms with Crippen LogP contribution in [0.25, 0.3) is 0 Å². The Balaban J connectivity index is 2.62. The van der Waals surface area contributed by atoms with Gasteiger partial charge >= 0.3 is 0 Å². The van der Waals surface area contributed by atoms with Gasteiger partial charge in [0.2, 0.25) is 0 Å². The lowest BCUT2D eigenvalue weighted by atomic mass is 10.2. The Morgan fingerprint density at radius 3 is 2.88 bits per heavy atom. The molecular weight excluding hydrogens is 253 g/mol. The normalized spacial score (nSPS) is 12.2. The Hall–Kier alpha value is -0.910. The molecule has 1 amide bonds. The maximum absolute atomic E-state index is 11.6. The molecule has 0 aliphatic carbocycles. The van der Waals surface area contributed by atoms with Crippen LogP contribution in [0.3, 0.4) is 0 Å². The highest BCUT2D eigenvalue weighted by molar-refractivity contribution is 6.34. The number of nitrogens with zero attached hydrogens (tertiary/aromatic N) is 2. The van der Waals surface area contributed by atoms with Crippen LogP contribution in [0.2, 0.25) is 10.3 Å². The molecule has 0 fully saturated rings. The van der Waals surface area contributed by atoms with Crippen molar-refractivity contribution in [3.05, 3.63) is 21.9 Å². The summed E-state index contributed by atoms with van der Waals surface area (Å²) in [4.78, 5) is 11.6. The molecule has 88 valence electrons. The fraction of sp³-hybridized carbons (Fsp3) is 0.444. The standard InChI is InChI=1S/C9H11Cl2N3O2/c1-5(15)2-3-12-9(16)6-4-7(10)13-14-8(6)11/h4-5,15H,2-3H2,1H3,(H,12,16). The van der Waals surface area contributed by atoms with Crippen LogP contribution in [0.5, 0.6) is 0 Å². The van der Waals surface area contributed by atoms with Crippen molar-refractivity contribution < 1.29 is 9.90 Å². The van der Waals surface area contributed by atoms with E-state index in [0.717, 1.165) is 0 Å². The van der Waals surface area contributed by atoms with E-state index in [2.05, 4.69) is 15.5 Å². The topological polar surface area (TPSA) is 75.1 Å². The van der Waals surface area contributed by atoms with E-state index >= 15 is 0 Å². The van der Waals surface area contributed by atoms with Crippen molar-refractivity contribution in [3.63, 3.8) is 0 Å². The molecule has 0 radical (unpaired) electrons. The summed E-state index contributed by atoms with van der Waals surface area (Å²) in [5.41, 5.74) is 0.173. The summed E-state index contributed by atoms with van der Waals surface area (Å²) in [6, 6.07) is 1.34.